The first kappa shape index (κ1) is 20.2. The van der Waals surface area contributed by atoms with Crippen LogP contribution in [0.2, 0.25) is 0 Å². The van der Waals surface area contributed by atoms with Crippen molar-refractivity contribution < 1.29 is 23.5 Å². The summed E-state index contributed by atoms with van der Waals surface area (Å²) in [6.45, 7) is 3.74. The van der Waals surface area contributed by atoms with Crippen molar-refractivity contribution in [2.24, 2.45) is 0 Å². The van der Waals surface area contributed by atoms with Crippen LogP contribution < -0.4 is 19.5 Å². The van der Waals surface area contributed by atoms with Crippen LogP contribution in [0.15, 0.2) is 40.9 Å². The molecule has 8 nitrogen and oxygen atoms in total. The van der Waals surface area contributed by atoms with Crippen molar-refractivity contribution in [3.63, 3.8) is 0 Å². The number of aromatic nitrogens is 2. The number of benzene rings is 2. The number of carbonyl (C=O) groups is 1. The summed E-state index contributed by atoms with van der Waals surface area (Å²) in [5.41, 5.74) is 2.28. The van der Waals surface area contributed by atoms with Gasteiger partial charge in [0.15, 0.2) is 11.5 Å². The Balaban J connectivity index is 1.81. The smallest absolute Gasteiger partial charge is 0.251 e. The molecule has 152 valence electrons. The van der Waals surface area contributed by atoms with Crippen molar-refractivity contribution in [2.45, 2.75) is 19.9 Å². The first-order chi connectivity index (χ1) is 14.0. The highest BCUT2D eigenvalue weighted by molar-refractivity contribution is 5.94. The Kier molecular flexibility index (Phi) is 6.01. The van der Waals surface area contributed by atoms with Crippen molar-refractivity contribution in [1.29, 1.82) is 0 Å². The molecule has 29 heavy (non-hydrogen) atoms. The molecular formula is C21H23N3O5. The molecule has 3 rings (SSSR count). The van der Waals surface area contributed by atoms with E-state index in [1.165, 1.54) is 21.3 Å². The van der Waals surface area contributed by atoms with Gasteiger partial charge in [-0.05, 0) is 38.1 Å². The maximum absolute atomic E-state index is 12.4. The molecule has 0 saturated carbocycles. The van der Waals surface area contributed by atoms with Gasteiger partial charge in [-0.2, -0.15) is 4.98 Å². The predicted octanol–water partition coefficient (Wildman–Crippen LogP) is 3.56. The number of ether oxygens (including phenoxy) is 3. The molecule has 0 fully saturated rings. The van der Waals surface area contributed by atoms with Crippen LogP contribution in [0.4, 0.5) is 0 Å². The van der Waals surface area contributed by atoms with Gasteiger partial charge in [0.25, 0.3) is 5.91 Å². The summed E-state index contributed by atoms with van der Waals surface area (Å²) in [6, 6.07) is 10.3. The molecule has 8 heteroatoms. The molecule has 0 aliphatic heterocycles. The average molecular weight is 397 g/mol. The Morgan fingerprint density at radius 3 is 2.21 bits per heavy atom. The van der Waals surface area contributed by atoms with Gasteiger partial charge < -0.3 is 24.1 Å². The Morgan fingerprint density at radius 2 is 1.66 bits per heavy atom. The third-order valence-corrected chi connectivity index (χ3v) is 4.40. The molecule has 0 bridgehead atoms. The molecule has 2 aromatic carbocycles. The molecular weight excluding hydrogens is 374 g/mol. The lowest BCUT2D eigenvalue weighted by molar-refractivity contribution is 0.0932. The van der Waals surface area contributed by atoms with Gasteiger partial charge in [0.05, 0.1) is 21.3 Å². The van der Waals surface area contributed by atoms with Gasteiger partial charge in [0, 0.05) is 11.1 Å². The van der Waals surface area contributed by atoms with Crippen LogP contribution in [0.5, 0.6) is 17.2 Å². The number of hydrogen-bond acceptors (Lipinski definition) is 7. The van der Waals surface area contributed by atoms with Crippen molar-refractivity contribution in [3.05, 3.63) is 53.4 Å². The lowest BCUT2D eigenvalue weighted by atomic mass is 10.1. The molecule has 1 heterocycles. The number of carbonyl (C=O) groups excluding carboxylic acids is 1. The Morgan fingerprint density at radius 1 is 1.03 bits per heavy atom. The van der Waals surface area contributed by atoms with E-state index in [0.717, 1.165) is 5.56 Å². The number of methoxy groups -OCH3 is 3. The molecule has 1 amide bonds. The molecule has 1 N–H and O–H groups in total. The van der Waals surface area contributed by atoms with E-state index in [-0.39, 0.29) is 11.8 Å². The fourth-order valence-corrected chi connectivity index (χ4v) is 2.79. The van der Waals surface area contributed by atoms with E-state index in [2.05, 4.69) is 15.5 Å². The van der Waals surface area contributed by atoms with Crippen LogP contribution >= 0.6 is 0 Å². The molecule has 3 aromatic rings. The number of nitrogens with zero attached hydrogens (tertiary/aromatic N) is 2. The fourth-order valence-electron chi connectivity index (χ4n) is 2.79. The number of hydrogen-bond donors (Lipinski definition) is 1. The largest absolute Gasteiger partial charge is 0.493 e. The molecule has 0 unspecified atom stereocenters. The molecule has 0 spiro atoms. The minimum Gasteiger partial charge on any atom is -0.493 e. The van der Waals surface area contributed by atoms with Crippen molar-refractivity contribution >= 4 is 5.91 Å². The SMILES string of the molecule is COc1cc(-c2noc([C@@H](C)NC(=O)c3ccc(C)cc3)n2)cc(OC)c1OC. The molecule has 1 atom stereocenters. The minimum atomic E-state index is -0.466. The van der Waals surface area contributed by atoms with Crippen LogP contribution in [0.1, 0.15) is 34.8 Å². The summed E-state index contributed by atoms with van der Waals surface area (Å²) in [7, 11) is 4.60. The summed E-state index contributed by atoms with van der Waals surface area (Å²) in [6.07, 6.45) is 0. The van der Waals surface area contributed by atoms with Gasteiger partial charge in [0.2, 0.25) is 17.5 Å². The van der Waals surface area contributed by atoms with Crippen LogP contribution in [-0.2, 0) is 0 Å². The molecule has 0 radical (unpaired) electrons. The zero-order chi connectivity index (χ0) is 21.0. The topological polar surface area (TPSA) is 95.7 Å². The van der Waals surface area contributed by atoms with Crippen molar-refractivity contribution in [3.8, 4) is 28.6 Å². The second-order valence-corrected chi connectivity index (χ2v) is 6.43. The van der Waals surface area contributed by atoms with E-state index in [0.29, 0.717) is 34.2 Å². The summed E-state index contributed by atoms with van der Waals surface area (Å²) in [5, 5.41) is 6.87. The second kappa shape index (κ2) is 8.64. The van der Waals surface area contributed by atoms with E-state index < -0.39 is 6.04 Å². The zero-order valence-electron chi connectivity index (χ0n) is 17.0. The van der Waals surface area contributed by atoms with Crippen LogP contribution in [0.3, 0.4) is 0 Å². The quantitative estimate of drug-likeness (QED) is 0.651. The van der Waals surface area contributed by atoms with Gasteiger partial charge >= 0.3 is 0 Å². The average Bonchev–Trinajstić information content (AvgIpc) is 3.23. The van der Waals surface area contributed by atoms with E-state index in [1.54, 1.807) is 31.2 Å². The standard InChI is InChI=1S/C21H23N3O5/c1-12-6-8-14(9-7-12)20(25)22-13(2)21-23-19(24-29-21)15-10-16(26-3)18(28-5)17(11-15)27-4/h6-11,13H,1-5H3,(H,22,25)/t13-/m1/s1. The summed E-state index contributed by atoms with van der Waals surface area (Å²) < 4.78 is 21.4. The number of amides is 1. The van der Waals surface area contributed by atoms with Crippen molar-refractivity contribution in [1.82, 2.24) is 15.5 Å². The van der Waals surface area contributed by atoms with Gasteiger partial charge in [-0.25, -0.2) is 0 Å². The first-order valence-corrected chi connectivity index (χ1v) is 8.98. The Hall–Kier alpha value is -3.55. The first-order valence-electron chi connectivity index (χ1n) is 8.98. The summed E-state index contributed by atoms with van der Waals surface area (Å²) in [4.78, 5) is 16.8. The molecule has 0 aliphatic carbocycles. The lowest BCUT2D eigenvalue weighted by Gasteiger charge is -2.12. The number of aryl methyl sites for hydroxylation is 1. The predicted molar refractivity (Wildman–Crippen MR) is 106 cm³/mol. The van der Waals surface area contributed by atoms with E-state index in [4.69, 9.17) is 18.7 Å². The summed E-state index contributed by atoms with van der Waals surface area (Å²) >= 11 is 0. The summed E-state index contributed by atoms with van der Waals surface area (Å²) in [5.74, 6) is 1.85. The highest BCUT2D eigenvalue weighted by atomic mass is 16.5. The third-order valence-electron chi connectivity index (χ3n) is 4.40. The van der Waals surface area contributed by atoms with Crippen molar-refractivity contribution in [2.75, 3.05) is 21.3 Å². The number of rotatable bonds is 7. The molecule has 1 aromatic heterocycles. The van der Waals surface area contributed by atoms with Gasteiger partial charge in [-0.3, -0.25) is 4.79 Å². The van der Waals surface area contributed by atoms with Gasteiger partial charge in [-0.15, -0.1) is 0 Å². The maximum atomic E-state index is 12.4. The van der Waals surface area contributed by atoms with Crippen LogP contribution in [0.25, 0.3) is 11.4 Å². The van der Waals surface area contributed by atoms with Gasteiger partial charge in [0.1, 0.15) is 6.04 Å². The highest BCUT2D eigenvalue weighted by Crippen LogP contribution is 2.40. The monoisotopic (exact) mass is 397 g/mol. The molecule has 0 saturated heterocycles. The lowest BCUT2D eigenvalue weighted by Crippen LogP contribution is -2.26. The zero-order valence-corrected chi connectivity index (χ0v) is 17.0. The normalized spacial score (nSPS) is 11.6. The van der Waals surface area contributed by atoms with Crippen LogP contribution in [0, 0.1) is 6.92 Å². The molecule has 0 aliphatic rings. The second-order valence-electron chi connectivity index (χ2n) is 6.43. The van der Waals surface area contributed by atoms with E-state index in [9.17, 15) is 4.79 Å². The van der Waals surface area contributed by atoms with E-state index >= 15 is 0 Å². The fraction of sp³-hybridized carbons (Fsp3) is 0.286. The Bertz CT molecular complexity index is 973. The van der Waals surface area contributed by atoms with Gasteiger partial charge in [-0.1, -0.05) is 22.9 Å². The number of nitrogens with one attached hydrogen (secondary N) is 1. The third kappa shape index (κ3) is 4.31. The minimum absolute atomic E-state index is 0.218. The highest BCUT2D eigenvalue weighted by Gasteiger charge is 2.20. The Labute approximate surface area is 168 Å². The van der Waals surface area contributed by atoms with Crippen LogP contribution in [-0.4, -0.2) is 37.4 Å². The maximum Gasteiger partial charge on any atom is 0.251 e. The van der Waals surface area contributed by atoms with E-state index in [1.807, 2.05) is 19.1 Å².